The van der Waals surface area contributed by atoms with Gasteiger partial charge in [-0.15, -0.1) is 0 Å². The minimum atomic E-state index is -1.17. The van der Waals surface area contributed by atoms with Gasteiger partial charge in [0.05, 0.1) is 18.8 Å². The maximum atomic E-state index is 9.80. The summed E-state index contributed by atoms with van der Waals surface area (Å²) in [4.78, 5) is 0. The molecule has 0 aromatic carbocycles. The Morgan fingerprint density at radius 3 is 1.76 bits per heavy atom. The van der Waals surface area contributed by atoms with Crippen LogP contribution in [0.25, 0.3) is 0 Å². The molecule has 1 N–H and O–H groups in total. The van der Waals surface area contributed by atoms with Crippen LogP contribution in [0.15, 0.2) is 11.6 Å². The van der Waals surface area contributed by atoms with Crippen LogP contribution in [0.1, 0.15) is 48.0 Å². The van der Waals surface area contributed by atoms with E-state index in [9.17, 15) is 5.11 Å². The van der Waals surface area contributed by atoms with Gasteiger partial charge in [-0.2, -0.15) is 0 Å². The summed E-state index contributed by atoms with van der Waals surface area (Å²) in [5, 5.41) is 9.80. The first-order valence-electron chi connectivity index (χ1n) is 9.88. The highest BCUT2D eigenvalue weighted by atomic mass is 28.3. The Bertz CT molecular complexity index is 447. The van der Waals surface area contributed by atoms with Crippen molar-refractivity contribution < 1.29 is 14.0 Å². The molecule has 4 unspecified atom stereocenters. The van der Waals surface area contributed by atoms with Gasteiger partial charge in [-0.05, 0) is 54.9 Å². The van der Waals surface area contributed by atoms with E-state index in [1.807, 2.05) is 0 Å². The van der Waals surface area contributed by atoms with E-state index in [0.717, 1.165) is 12.0 Å². The van der Waals surface area contributed by atoms with Gasteiger partial charge < -0.3 is 14.0 Å². The van der Waals surface area contributed by atoms with E-state index >= 15 is 0 Å². The lowest BCUT2D eigenvalue weighted by Gasteiger charge is -2.45. The summed E-state index contributed by atoms with van der Waals surface area (Å²) in [6, 6.07) is 0. The predicted octanol–water partition coefficient (Wildman–Crippen LogP) is 4.37. The van der Waals surface area contributed by atoms with Crippen molar-refractivity contribution in [1.29, 1.82) is 0 Å². The molecule has 0 fully saturated rings. The van der Waals surface area contributed by atoms with E-state index < -0.39 is 18.1 Å². The molecule has 1 aliphatic carbocycles. The van der Waals surface area contributed by atoms with Crippen LogP contribution in [0.2, 0.25) is 26.2 Å². The molecule has 0 aromatic heterocycles. The molecule has 1 aliphatic rings. The highest BCUT2D eigenvalue weighted by molar-refractivity contribution is 6.48. The predicted molar refractivity (Wildman–Crippen MR) is 113 cm³/mol. The van der Waals surface area contributed by atoms with Gasteiger partial charge >= 0.3 is 0 Å². The van der Waals surface area contributed by atoms with Gasteiger partial charge in [0.2, 0.25) is 0 Å². The summed E-state index contributed by atoms with van der Waals surface area (Å²) >= 11 is 0. The summed E-state index contributed by atoms with van der Waals surface area (Å²) in [6.07, 6.45) is 3.61. The summed E-state index contributed by atoms with van der Waals surface area (Å²) in [6.45, 7) is 22.8. The van der Waals surface area contributed by atoms with Gasteiger partial charge in [0.15, 0.2) is 18.1 Å². The van der Waals surface area contributed by atoms with E-state index in [0.29, 0.717) is 11.8 Å². The molecule has 0 saturated carbocycles. The van der Waals surface area contributed by atoms with Gasteiger partial charge in [0, 0.05) is 5.92 Å². The minimum Gasteiger partial charge on any atom is -0.417 e. The van der Waals surface area contributed by atoms with E-state index in [1.54, 1.807) is 0 Å². The van der Waals surface area contributed by atoms with Crippen molar-refractivity contribution in [3.05, 3.63) is 11.6 Å². The van der Waals surface area contributed by atoms with Gasteiger partial charge in [-0.25, -0.2) is 0 Å². The number of hydrogen-bond donors (Lipinski definition) is 1. The maximum absolute atomic E-state index is 9.80. The monoisotopic (exact) mass is 386 g/mol. The standard InChI is InChI=1S/C20H42O3Si2/c1-19(2,3)17(22-24(7)8)15-11-14(13-21)12-16(15)18(20(4,5)6)23-25(9)10/h11,15-18,21,24-25H,12-13H2,1-10H3. The molecule has 0 saturated heterocycles. The van der Waals surface area contributed by atoms with Crippen LogP contribution in [-0.2, 0) is 8.85 Å². The number of aliphatic hydroxyl groups excluding tert-OH is 1. The second kappa shape index (κ2) is 8.83. The largest absolute Gasteiger partial charge is 0.417 e. The van der Waals surface area contributed by atoms with Crippen LogP contribution in [0.5, 0.6) is 0 Å². The Labute approximate surface area is 159 Å². The molecule has 3 nitrogen and oxygen atoms in total. The number of aliphatic hydroxyl groups is 1. The van der Waals surface area contributed by atoms with Crippen molar-refractivity contribution in [1.82, 2.24) is 0 Å². The molecule has 0 heterocycles. The van der Waals surface area contributed by atoms with Crippen LogP contribution in [-0.4, -0.2) is 42.0 Å². The highest BCUT2D eigenvalue weighted by Crippen LogP contribution is 2.46. The van der Waals surface area contributed by atoms with E-state index in [-0.39, 0.29) is 29.6 Å². The van der Waals surface area contributed by atoms with Crippen molar-refractivity contribution in [2.45, 2.75) is 86.4 Å². The fourth-order valence-corrected chi connectivity index (χ4v) is 6.42. The normalized spacial score (nSPS) is 24.8. The smallest absolute Gasteiger partial charge is 0.171 e. The Hall–Kier alpha value is 0.0538. The molecule has 148 valence electrons. The third kappa shape index (κ3) is 6.62. The lowest BCUT2D eigenvalue weighted by Crippen LogP contribution is -2.47. The molecule has 4 atom stereocenters. The fourth-order valence-electron chi connectivity index (χ4n) is 4.05. The molecule has 0 aliphatic heterocycles. The lowest BCUT2D eigenvalue weighted by atomic mass is 9.70. The van der Waals surface area contributed by atoms with E-state index in [1.165, 1.54) is 0 Å². The molecule has 0 spiro atoms. The Balaban J connectivity index is 3.27. The van der Waals surface area contributed by atoms with Crippen molar-refractivity contribution in [3.8, 4) is 0 Å². The average molecular weight is 387 g/mol. The molecule has 0 radical (unpaired) electrons. The molecule has 25 heavy (non-hydrogen) atoms. The van der Waals surface area contributed by atoms with Crippen molar-refractivity contribution in [3.63, 3.8) is 0 Å². The number of rotatable bonds is 7. The zero-order valence-corrected chi connectivity index (χ0v) is 20.5. The second-order valence-corrected chi connectivity index (χ2v) is 15.1. The Morgan fingerprint density at radius 1 is 0.960 bits per heavy atom. The van der Waals surface area contributed by atoms with Gasteiger partial charge in [-0.1, -0.05) is 47.6 Å². The van der Waals surface area contributed by atoms with E-state index in [2.05, 4.69) is 73.8 Å². The second-order valence-electron chi connectivity index (χ2n) is 10.4. The zero-order valence-electron chi connectivity index (χ0n) is 18.2. The van der Waals surface area contributed by atoms with Crippen molar-refractivity contribution in [2.75, 3.05) is 6.61 Å². The van der Waals surface area contributed by atoms with Crippen LogP contribution in [0.3, 0.4) is 0 Å². The third-order valence-electron chi connectivity index (χ3n) is 4.91. The topological polar surface area (TPSA) is 38.7 Å². The van der Waals surface area contributed by atoms with Crippen molar-refractivity contribution in [2.24, 2.45) is 22.7 Å². The van der Waals surface area contributed by atoms with Gasteiger partial charge in [-0.3, -0.25) is 0 Å². The fraction of sp³-hybridized carbons (Fsp3) is 0.900. The highest BCUT2D eigenvalue weighted by Gasteiger charge is 2.46. The first kappa shape index (κ1) is 23.1. The molecule has 1 rings (SSSR count). The lowest BCUT2D eigenvalue weighted by molar-refractivity contribution is -0.0313. The summed E-state index contributed by atoms with van der Waals surface area (Å²) < 4.78 is 13.1. The van der Waals surface area contributed by atoms with Crippen molar-refractivity contribution >= 4 is 18.1 Å². The Morgan fingerprint density at radius 2 is 1.40 bits per heavy atom. The molecule has 0 bridgehead atoms. The summed E-state index contributed by atoms with van der Waals surface area (Å²) in [5.41, 5.74) is 1.30. The van der Waals surface area contributed by atoms with Crippen LogP contribution < -0.4 is 0 Å². The molecule has 5 heteroatoms. The van der Waals surface area contributed by atoms with Crippen LogP contribution in [0, 0.1) is 22.7 Å². The zero-order chi connectivity index (χ0) is 19.6. The quantitative estimate of drug-likeness (QED) is 0.521. The first-order chi connectivity index (χ1) is 11.3. The number of hydrogen-bond acceptors (Lipinski definition) is 3. The van der Waals surface area contributed by atoms with Crippen LogP contribution in [0.4, 0.5) is 0 Å². The summed E-state index contributed by atoms with van der Waals surface area (Å²) in [5.74, 6) is 0.697. The average Bonchev–Trinajstić information content (AvgIpc) is 2.82. The molecular weight excluding hydrogens is 344 g/mol. The Kier molecular flexibility index (Phi) is 8.16. The molecule has 0 amide bonds. The summed E-state index contributed by atoms with van der Waals surface area (Å²) in [7, 11) is -2.33. The van der Waals surface area contributed by atoms with Crippen LogP contribution >= 0.6 is 0 Å². The molecular formula is C20H42O3Si2. The molecule has 0 aromatic rings. The maximum Gasteiger partial charge on any atom is 0.171 e. The third-order valence-corrected chi connectivity index (χ3v) is 6.58. The van der Waals surface area contributed by atoms with Gasteiger partial charge in [0.1, 0.15) is 0 Å². The SMILES string of the molecule is C[SiH](C)OC(C1C=C(CO)CC1C(O[SiH](C)C)C(C)(C)C)C(C)(C)C. The minimum absolute atomic E-state index is 0.0687. The van der Waals surface area contributed by atoms with Gasteiger partial charge in [0.25, 0.3) is 0 Å². The van der Waals surface area contributed by atoms with E-state index in [4.69, 9.17) is 8.85 Å². The first-order valence-corrected chi connectivity index (χ1v) is 15.4.